The third kappa shape index (κ3) is 2.98. The van der Waals surface area contributed by atoms with Crippen molar-refractivity contribution in [2.75, 3.05) is 12.4 Å². The molecule has 0 aliphatic rings. The number of methoxy groups -OCH3 is 1. The van der Waals surface area contributed by atoms with Gasteiger partial charge in [0.05, 0.1) is 7.11 Å². The second kappa shape index (κ2) is 4.99. The molecular formula is C10H12N2O3. The molecule has 0 heterocycles. The smallest absolute Gasteiger partial charge is 0.270 e. The normalized spacial score (nSPS) is 10.3. The van der Waals surface area contributed by atoms with Gasteiger partial charge >= 0.3 is 0 Å². The van der Waals surface area contributed by atoms with Crippen LogP contribution >= 0.6 is 0 Å². The number of hydrogen-bond donors (Lipinski definition) is 2. The van der Waals surface area contributed by atoms with Gasteiger partial charge in [-0.3, -0.25) is 4.79 Å². The fourth-order valence-corrected chi connectivity index (χ4v) is 1.12. The van der Waals surface area contributed by atoms with Gasteiger partial charge in [-0.25, -0.2) is 0 Å². The SMILES string of the molecule is COc1ccc(NC(=O)C=NO)c(C)c1. The topological polar surface area (TPSA) is 70.9 Å². The highest BCUT2D eigenvalue weighted by atomic mass is 16.5. The molecule has 0 atom stereocenters. The second-order valence-corrected chi connectivity index (χ2v) is 2.91. The van der Waals surface area contributed by atoms with E-state index >= 15 is 0 Å². The Bertz CT molecular complexity index is 388. The number of nitrogens with one attached hydrogen (secondary N) is 1. The predicted molar refractivity (Wildman–Crippen MR) is 56.6 cm³/mol. The van der Waals surface area contributed by atoms with Crippen molar-refractivity contribution in [3.8, 4) is 5.75 Å². The predicted octanol–water partition coefficient (Wildman–Crippen LogP) is 1.40. The van der Waals surface area contributed by atoms with Gasteiger partial charge in [-0.05, 0) is 30.7 Å². The van der Waals surface area contributed by atoms with E-state index in [1.54, 1.807) is 25.3 Å². The molecule has 80 valence electrons. The van der Waals surface area contributed by atoms with E-state index in [4.69, 9.17) is 9.94 Å². The van der Waals surface area contributed by atoms with E-state index in [0.717, 1.165) is 17.5 Å². The number of anilines is 1. The van der Waals surface area contributed by atoms with Gasteiger partial charge in [0.1, 0.15) is 12.0 Å². The van der Waals surface area contributed by atoms with Crippen molar-refractivity contribution in [2.24, 2.45) is 5.16 Å². The number of aryl methyl sites for hydroxylation is 1. The average Bonchev–Trinajstić information content (AvgIpc) is 2.21. The lowest BCUT2D eigenvalue weighted by Gasteiger charge is -2.07. The van der Waals surface area contributed by atoms with Crippen LogP contribution in [0.5, 0.6) is 5.75 Å². The van der Waals surface area contributed by atoms with Crippen molar-refractivity contribution in [1.82, 2.24) is 0 Å². The molecule has 15 heavy (non-hydrogen) atoms. The zero-order valence-electron chi connectivity index (χ0n) is 8.52. The molecule has 0 saturated heterocycles. The Morgan fingerprint density at radius 3 is 2.87 bits per heavy atom. The van der Waals surface area contributed by atoms with E-state index < -0.39 is 5.91 Å². The van der Waals surface area contributed by atoms with E-state index in [9.17, 15) is 4.79 Å². The first-order chi connectivity index (χ1) is 7.17. The van der Waals surface area contributed by atoms with E-state index in [-0.39, 0.29) is 0 Å². The number of benzene rings is 1. The number of nitrogens with zero attached hydrogens (tertiary/aromatic N) is 1. The van der Waals surface area contributed by atoms with Gasteiger partial charge in [-0.15, -0.1) is 0 Å². The van der Waals surface area contributed by atoms with Crippen molar-refractivity contribution in [3.63, 3.8) is 0 Å². The number of ether oxygens (including phenoxy) is 1. The summed E-state index contributed by atoms with van der Waals surface area (Å²) in [6.07, 6.45) is 0.795. The van der Waals surface area contributed by atoms with Crippen LogP contribution in [0.2, 0.25) is 0 Å². The molecule has 1 aromatic rings. The van der Waals surface area contributed by atoms with Crippen LogP contribution in [0.4, 0.5) is 5.69 Å². The van der Waals surface area contributed by atoms with Crippen LogP contribution in [-0.4, -0.2) is 24.4 Å². The van der Waals surface area contributed by atoms with Gasteiger partial charge < -0.3 is 15.3 Å². The van der Waals surface area contributed by atoms with Crippen LogP contribution in [0.25, 0.3) is 0 Å². The molecule has 0 spiro atoms. The lowest BCUT2D eigenvalue weighted by Crippen LogP contribution is -2.13. The van der Waals surface area contributed by atoms with Crippen molar-refractivity contribution < 1.29 is 14.7 Å². The van der Waals surface area contributed by atoms with Crippen molar-refractivity contribution in [2.45, 2.75) is 6.92 Å². The zero-order valence-corrected chi connectivity index (χ0v) is 8.52. The largest absolute Gasteiger partial charge is 0.497 e. The molecule has 2 N–H and O–H groups in total. The van der Waals surface area contributed by atoms with E-state index in [1.807, 2.05) is 6.92 Å². The molecule has 0 bridgehead atoms. The molecule has 0 fully saturated rings. The molecule has 1 aromatic carbocycles. The molecule has 0 aromatic heterocycles. The Labute approximate surface area is 87.4 Å². The maximum atomic E-state index is 11.1. The highest BCUT2D eigenvalue weighted by molar-refractivity contribution is 6.31. The maximum Gasteiger partial charge on any atom is 0.270 e. The minimum absolute atomic E-state index is 0.481. The van der Waals surface area contributed by atoms with E-state index in [0.29, 0.717) is 5.69 Å². The molecule has 0 saturated carbocycles. The molecule has 1 rings (SSSR count). The first-order valence-corrected chi connectivity index (χ1v) is 4.30. The number of carbonyl (C=O) groups is 1. The molecule has 0 unspecified atom stereocenters. The fraction of sp³-hybridized carbons (Fsp3) is 0.200. The Balaban J connectivity index is 2.82. The van der Waals surface area contributed by atoms with Gasteiger partial charge in [0, 0.05) is 5.69 Å². The Kier molecular flexibility index (Phi) is 3.68. The quantitative estimate of drug-likeness (QED) is 0.448. The number of amides is 1. The van der Waals surface area contributed by atoms with Crippen LogP contribution in [0.15, 0.2) is 23.4 Å². The second-order valence-electron chi connectivity index (χ2n) is 2.91. The fourth-order valence-electron chi connectivity index (χ4n) is 1.12. The molecule has 0 aliphatic carbocycles. The molecule has 0 aliphatic heterocycles. The van der Waals surface area contributed by atoms with Crippen LogP contribution in [0.1, 0.15) is 5.56 Å². The number of oxime groups is 1. The summed E-state index contributed by atoms with van der Waals surface area (Å²) in [4.78, 5) is 11.1. The van der Waals surface area contributed by atoms with Crippen molar-refractivity contribution in [1.29, 1.82) is 0 Å². The minimum Gasteiger partial charge on any atom is -0.497 e. The minimum atomic E-state index is -0.481. The van der Waals surface area contributed by atoms with Crippen molar-refractivity contribution >= 4 is 17.8 Å². The lowest BCUT2D eigenvalue weighted by atomic mass is 10.2. The van der Waals surface area contributed by atoms with Crippen LogP contribution in [0, 0.1) is 6.92 Å². The Morgan fingerprint density at radius 2 is 2.33 bits per heavy atom. The highest BCUT2D eigenvalue weighted by Crippen LogP contribution is 2.20. The summed E-state index contributed by atoms with van der Waals surface area (Å²) in [6, 6.07) is 5.25. The van der Waals surface area contributed by atoms with Crippen molar-refractivity contribution in [3.05, 3.63) is 23.8 Å². The summed E-state index contributed by atoms with van der Waals surface area (Å²) < 4.78 is 5.02. The van der Waals surface area contributed by atoms with Gasteiger partial charge in [0.15, 0.2) is 0 Å². The van der Waals surface area contributed by atoms with Crippen LogP contribution in [-0.2, 0) is 4.79 Å². The van der Waals surface area contributed by atoms with E-state index in [2.05, 4.69) is 10.5 Å². The maximum absolute atomic E-state index is 11.1. The number of rotatable bonds is 3. The first kappa shape index (κ1) is 11.0. The summed E-state index contributed by atoms with van der Waals surface area (Å²) in [6.45, 7) is 1.84. The van der Waals surface area contributed by atoms with Crippen LogP contribution < -0.4 is 10.1 Å². The number of hydrogen-bond acceptors (Lipinski definition) is 4. The molecule has 5 nitrogen and oxygen atoms in total. The highest BCUT2D eigenvalue weighted by Gasteiger charge is 2.03. The van der Waals surface area contributed by atoms with E-state index in [1.165, 1.54) is 0 Å². The van der Waals surface area contributed by atoms with Gasteiger partial charge in [0.2, 0.25) is 0 Å². The molecular weight excluding hydrogens is 196 g/mol. The average molecular weight is 208 g/mol. The standard InChI is InChI=1S/C10H12N2O3/c1-7-5-8(15-2)3-4-9(7)12-10(13)6-11-14/h3-6,14H,1-2H3,(H,12,13). The van der Waals surface area contributed by atoms with Gasteiger partial charge in [-0.2, -0.15) is 0 Å². The summed E-state index contributed by atoms with van der Waals surface area (Å²) in [5.41, 5.74) is 1.52. The van der Waals surface area contributed by atoms with Gasteiger partial charge in [0.25, 0.3) is 5.91 Å². The monoisotopic (exact) mass is 208 g/mol. The summed E-state index contributed by atoms with van der Waals surface area (Å²) in [5, 5.41) is 13.3. The lowest BCUT2D eigenvalue weighted by molar-refractivity contribution is -0.110. The molecule has 1 amide bonds. The third-order valence-corrected chi connectivity index (χ3v) is 1.87. The Hall–Kier alpha value is -2.04. The number of carbonyl (C=O) groups excluding carboxylic acids is 1. The Morgan fingerprint density at radius 1 is 1.60 bits per heavy atom. The third-order valence-electron chi connectivity index (χ3n) is 1.87. The summed E-state index contributed by atoms with van der Waals surface area (Å²) >= 11 is 0. The summed E-state index contributed by atoms with van der Waals surface area (Å²) in [5.74, 6) is 0.243. The van der Waals surface area contributed by atoms with Crippen LogP contribution in [0.3, 0.4) is 0 Å². The summed E-state index contributed by atoms with van der Waals surface area (Å²) in [7, 11) is 1.57. The zero-order chi connectivity index (χ0) is 11.3. The van der Waals surface area contributed by atoms with Gasteiger partial charge in [-0.1, -0.05) is 5.16 Å². The molecule has 5 heteroatoms. The first-order valence-electron chi connectivity index (χ1n) is 4.30. The molecule has 0 radical (unpaired) electrons.